The van der Waals surface area contributed by atoms with Crippen LogP contribution >= 0.6 is 15.9 Å². The van der Waals surface area contributed by atoms with E-state index in [-0.39, 0.29) is 6.10 Å². The summed E-state index contributed by atoms with van der Waals surface area (Å²) < 4.78 is 14.4. The summed E-state index contributed by atoms with van der Waals surface area (Å²) in [5, 5.41) is 4.36. The number of rotatable bonds is 6. The second kappa shape index (κ2) is 7.91. The van der Waals surface area contributed by atoms with Crippen LogP contribution in [0.25, 0.3) is 0 Å². The van der Waals surface area contributed by atoms with Gasteiger partial charge in [0.05, 0.1) is 35.3 Å². The van der Waals surface area contributed by atoms with E-state index >= 15 is 0 Å². The Morgan fingerprint density at radius 2 is 2.16 bits per heavy atom. The van der Waals surface area contributed by atoms with Gasteiger partial charge in [-0.2, -0.15) is 5.10 Å². The third kappa shape index (κ3) is 4.34. The van der Waals surface area contributed by atoms with E-state index in [0.717, 1.165) is 40.1 Å². The van der Waals surface area contributed by atoms with Gasteiger partial charge in [-0.1, -0.05) is 0 Å². The molecule has 6 nitrogen and oxygen atoms in total. The Balaban J connectivity index is 1.86. The Bertz CT molecular complexity index is 767. The van der Waals surface area contributed by atoms with Gasteiger partial charge in [-0.15, -0.1) is 0 Å². The van der Waals surface area contributed by atoms with Gasteiger partial charge in [0.1, 0.15) is 0 Å². The number of aryl methyl sites for hydroxylation is 1. The maximum absolute atomic E-state index is 6.18. The third-order valence-corrected chi connectivity index (χ3v) is 4.67. The SMILES string of the molecule is CCOc1cc(C=Nn2cc(C)nc2N)cc(Br)c1OC1CCCC1. The fourth-order valence-corrected chi connectivity index (χ4v) is 3.49. The Labute approximate surface area is 156 Å². The summed E-state index contributed by atoms with van der Waals surface area (Å²) in [6.45, 7) is 4.41. The number of benzene rings is 1. The van der Waals surface area contributed by atoms with Gasteiger partial charge < -0.3 is 15.2 Å². The maximum atomic E-state index is 6.18. The molecule has 0 unspecified atom stereocenters. The van der Waals surface area contributed by atoms with E-state index in [0.29, 0.717) is 12.6 Å². The molecule has 1 aromatic carbocycles. The first kappa shape index (κ1) is 17.8. The van der Waals surface area contributed by atoms with E-state index in [4.69, 9.17) is 15.2 Å². The number of anilines is 1. The first-order chi connectivity index (χ1) is 12.1. The van der Waals surface area contributed by atoms with Crippen molar-refractivity contribution in [2.45, 2.75) is 45.6 Å². The summed E-state index contributed by atoms with van der Waals surface area (Å²) in [5.41, 5.74) is 7.53. The molecule has 1 fully saturated rings. The standard InChI is InChI=1S/C18H23BrN4O2/c1-3-24-16-9-13(10-21-23-11-12(2)22-18(23)20)8-15(19)17(16)25-14-6-4-5-7-14/h8-11,14H,3-7H2,1-2H3,(H2,20,22). The van der Waals surface area contributed by atoms with Gasteiger partial charge in [-0.05, 0) is 73.2 Å². The Hall–Kier alpha value is -2.02. The third-order valence-electron chi connectivity index (χ3n) is 4.08. The zero-order valence-electron chi connectivity index (χ0n) is 14.5. The Morgan fingerprint density at radius 1 is 1.40 bits per heavy atom. The largest absolute Gasteiger partial charge is 0.490 e. The lowest BCUT2D eigenvalue weighted by Crippen LogP contribution is -2.12. The lowest BCUT2D eigenvalue weighted by atomic mass is 10.2. The van der Waals surface area contributed by atoms with Crippen molar-refractivity contribution >= 4 is 28.1 Å². The number of nitrogen functional groups attached to an aromatic ring is 1. The van der Waals surface area contributed by atoms with Crippen LogP contribution in [0, 0.1) is 6.92 Å². The van der Waals surface area contributed by atoms with Gasteiger partial charge in [0, 0.05) is 0 Å². The van der Waals surface area contributed by atoms with Gasteiger partial charge in [-0.25, -0.2) is 9.66 Å². The molecule has 1 heterocycles. The molecule has 0 radical (unpaired) electrons. The van der Waals surface area contributed by atoms with E-state index in [1.165, 1.54) is 12.8 Å². The summed E-state index contributed by atoms with van der Waals surface area (Å²) in [6, 6.07) is 3.90. The summed E-state index contributed by atoms with van der Waals surface area (Å²) in [7, 11) is 0. The molecule has 1 saturated carbocycles. The van der Waals surface area contributed by atoms with Crippen molar-refractivity contribution in [2.24, 2.45) is 5.10 Å². The van der Waals surface area contributed by atoms with Gasteiger partial charge in [0.25, 0.3) is 0 Å². The number of ether oxygens (including phenoxy) is 2. The Kier molecular flexibility index (Phi) is 5.63. The predicted molar refractivity (Wildman–Crippen MR) is 103 cm³/mol. The Morgan fingerprint density at radius 3 is 2.80 bits per heavy atom. The molecule has 2 N–H and O–H groups in total. The molecule has 0 bridgehead atoms. The van der Waals surface area contributed by atoms with Crippen LogP contribution in [0.2, 0.25) is 0 Å². The lowest BCUT2D eigenvalue weighted by molar-refractivity contribution is 0.195. The van der Waals surface area contributed by atoms with Crippen molar-refractivity contribution in [3.63, 3.8) is 0 Å². The number of aromatic nitrogens is 2. The zero-order chi connectivity index (χ0) is 17.8. The minimum atomic E-state index is 0.267. The zero-order valence-corrected chi connectivity index (χ0v) is 16.1. The van der Waals surface area contributed by atoms with Gasteiger partial charge >= 0.3 is 0 Å². The highest BCUT2D eigenvalue weighted by atomic mass is 79.9. The van der Waals surface area contributed by atoms with E-state index in [2.05, 4.69) is 26.0 Å². The van der Waals surface area contributed by atoms with Crippen molar-refractivity contribution in [1.82, 2.24) is 9.66 Å². The molecular formula is C18H23BrN4O2. The van der Waals surface area contributed by atoms with Crippen LogP contribution in [0.5, 0.6) is 11.5 Å². The molecule has 0 aliphatic heterocycles. The highest BCUT2D eigenvalue weighted by Gasteiger charge is 2.20. The summed E-state index contributed by atoms with van der Waals surface area (Å²) >= 11 is 3.61. The van der Waals surface area contributed by atoms with Crippen LogP contribution in [0.3, 0.4) is 0 Å². The van der Waals surface area contributed by atoms with Crippen LogP contribution in [0.15, 0.2) is 27.9 Å². The topological polar surface area (TPSA) is 74.7 Å². The quantitative estimate of drug-likeness (QED) is 0.731. The first-order valence-electron chi connectivity index (χ1n) is 8.55. The second-order valence-electron chi connectivity index (χ2n) is 6.12. The molecule has 7 heteroatoms. The normalized spacial score (nSPS) is 15.2. The molecule has 0 amide bonds. The molecule has 2 aromatic rings. The van der Waals surface area contributed by atoms with Crippen molar-refractivity contribution in [3.8, 4) is 11.5 Å². The molecular weight excluding hydrogens is 384 g/mol. The predicted octanol–water partition coefficient (Wildman–Crippen LogP) is 4.14. The molecule has 0 saturated heterocycles. The molecule has 1 aliphatic carbocycles. The summed E-state index contributed by atoms with van der Waals surface area (Å²) in [4.78, 5) is 4.13. The lowest BCUT2D eigenvalue weighted by Gasteiger charge is -2.18. The maximum Gasteiger partial charge on any atom is 0.221 e. The van der Waals surface area contributed by atoms with Crippen molar-refractivity contribution in [1.29, 1.82) is 0 Å². The molecule has 1 aliphatic rings. The van der Waals surface area contributed by atoms with E-state index < -0.39 is 0 Å². The molecule has 0 spiro atoms. The van der Waals surface area contributed by atoms with Gasteiger partial charge in [0.2, 0.25) is 5.95 Å². The number of halogens is 1. The van der Waals surface area contributed by atoms with Crippen LogP contribution in [-0.4, -0.2) is 28.6 Å². The highest BCUT2D eigenvalue weighted by Crippen LogP contribution is 2.39. The van der Waals surface area contributed by atoms with Crippen LogP contribution < -0.4 is 15.2 Å². The van der Waals surface area contributed by atoms with Crippen molar-refractivity contribution < 1.29 is 9.47 Å². The van der Waals surface area contributed by atoms with Crippen LogP contribution in [-0.2, 0) is 0 Å². The average molecular weight is 407 g/mol. The van der Waals surface area contributed by atoms with E-state index in [1.807, 2.05) is 26.0 Å². The number of imidazole rings is 1. The molecule has 134 valence electrons. The summed E-state index contributed by atoms with van der Waals surface area (Å²) in [6.07, 6.45) is 8.42. The summed E-state index contributed by atoms with van der Waals surface area (Å²) in [5.74, 6) is 1.85. The van der Waals surface area contributed by atoms with Crippen molar-refractivity contribution in [3.05, 3.63) is 34.1 Å². The molecule has 0 atom stereocenters. The van der Waals surface area contributed by atoms with E-state index in [9.17, 15) is 0 Å². The fourth-order valence-electron chi connectivity index (χ4n) is 2.94. The second-order valence-corrected chi connectivity index (χ2v) is 6.97. The smallest absolute Gasteiger partial charge is 0.221 e. The van der Waals surface area contributed by atoms with Crippen LogP contribution in [0.1, 0.15) is 43.9 Å². The van der Waals surface area contributed by atoms with Gasteiger partial charge in [-0.3, -0.25) is 0 Å². The molecule has 25 heavy (non-hydrogen) atoms. The van der Waals surface area contributed by atoms with Gasteiger partial charge in [0.15, 0.2) is 11.5 Å². The number of hydrogen-bond donors (Lipinski definition) is 1. The average Bonchev–Trinajstić information content (AvgIpc) is 3.18. The number of nitrogens with two attached hydrogens (primary N) is 1. The number of nitrogens with zero attached hydrogens (tertiary/aromatic N) is 3. The molecule has 1 aromatic heterocycles. The highest BCUT2D eigenvalue weighted by molar-refractivity contribution is 9.10. The molecule has 3 rings (SSSR count). The monoisotopic (exact) mass is 406 g/mol. The number of hydrogen-bond acceptors (Lipinski definition) is 5. The minimum Gasteiger partial charge on any atom is -0.490 e. The minimum absolute atomic E-state index is 0.267. The first-order valence-corrected chi connectivity index (χ1v) is 9.35. The van der Waals surface area contributed by atoms with E-state index in [1.54, 1.807) is 17.1 Å². The fraction of sp³-hybridized carbons (Fsp3) is 0.444. The van der Waals surface area contributed by atoms with Crippen LogP contribution in [0.4, 0.5) is 5.95 Å². The van der Waals surface area contributed by atoms with Crippen molar-refractivity contribution in [2.75, 3.05) is 12.3 Å².